The molecule has 0 aliphatic rings. The van der Waals surface area contributed by atoms with E-state index >= 15 is 0 Å². The number of aromatic nitrogens is 2. The summed E-state index contributed by atoms with van der Waals surface area (Å²) in [7, 11) is 0. The zero-order valence-corrected chi connectivity index (χ0v) is 9.48. The standard InChI is InChI=1S/C13H14N2O2/c1-2-3-4-8-17-13(16)10-6-5-7-12-11(10)9-14-15-12/h2,5-7,9H,1,3-4,8H2,(H,14,15). The SMILES string of the molecule is C=CCCCOC(=O)c1cccc2[nH]ncc12. The Morgan fingerprint density at radius 3 is 3.24 bits per heavy atom. The van der Waals surface area contributed by atoms with Crippen LogP contribution in [-0.2, 0) is 4.74 Å². The van der Waals surface area contributed by atoms with Crippen LogP contribution in [0.15, 0.2) is 37.1 Å². The number of H-pyrrole nitrogens is 1. The average molecular weight is 230 g/mol. The molecule has 0 bridgehead atoms. The molecule has 0 amide bonds. The summed E-state index contributed by atoms with van der Waals surface area (Å²) < 4.78 is 5.18. The van der Waals surface area contributed by atoms with Crippen molar-refractivity contribution in [3.05, 3.63) is 42.6 Å². The molecule has 0 atom stereocenters. The molecular weight excluding hydrogens is 216 g/mol. The van der Waals surface area contributed by atoms with Gasteiger partial charge in [-0.25, -0.2) is 4.79 Å². The van der Waals surface area contributed by atoms with E-state index in [-0.39, 0.29) is 5.97 Å². The summed E-state index contributed by atoms with van der Waals surface area (Å²) in [6, 6.07) is 5.42. The highest BCUT2D eigenvalue weighted by atomic mass is 16.5. The number of carbonyl (C=O) groups is 1. The summed E-state index contributed by atoms with van der Waals surface area (Å²) in [6.45, 7) is 4.03. The zero-order valence-electron chi connectivity index (χ0n) is 9.48. The van der Waals surface area contributed by atoms with Gasteiger partial charge in [0.2, 0.25) is 0 Å². The quantitative estimate of drug-likeness (QED) is 0.488. The Balaban J connectivity index is 2.08. The van der Waals surface area contributed by atoms with Crippen molar-refractivity contribution < 1.29 is 9.53 Å². The minimum atomic E-state index is -0.305. The van der Waals surface area contributed by atoms with Crippen LogP contribution in [0.1, 0.15) is 23.2 Å². The maximum atomic E-state index is 11.8. The molecule has 1 heterocycles. The first-order valence-corrected chi connectivity index (χ1v) is 5.53. The fourth-order valence-electron chi connectivity index (χ4n) is 1.62. The van der Waals surface area contributed by atoms with Gasteiger partial charge in [-0.2, -0.15) is 5.10 Å². The number of nitrogens with zero attached hydrogens (tertiary/aromatic N) is 1. The lowest BCUT2D eigenvalue weighted by Crippen LogP contribution is -2.06. The molecule has 2 rings (SSSR count). The molecule has 0 saturated heterocycles. The van der Waals surface area contributed by atoms with Crippen molar-refractivity contribution in [2.24, 2.45) is 0 Å². The summed E-state index contributed by atoms with van der Waals surface area (Å²) in [6.07, 6.45) is 5.10. The minimum absolute atomic E-state index is 0.305. The van der Waals surface area contributed by atoms with Crippen LogP contribution in [0.4, 0.5) is 0 Å². The topological polar surface area (TPSA) is 55.0 Å². The molecular formula is C13H14N2O2. The van der Waals surface area contributed by atoms with Gasteiger partial charge in [-0.3, -0.25) is 5.10 Å². The van der Waals surface area contributed by atoms with Gasteiger partial charge in [0.05, 0.1) is 23.9 Å². The van der Waals surface area contributed by atoms with Crippen molar-refractivity contribution in [1.29, 1.82) is 0 Å². The molecule has 0 radical (unpaired) electrons. The molecule has 4 heteroatoms. The molecule has 0 aliphatic carbocycles. The number of carbonyl (C=O) groups excluding carboxylic acids is 1. The average Bonchev–Trinajstić information content (AvgIpc) is 2.82. The Morgan fingerprint density at radius 2 is 2.41 bits per heavy atom. The molecule has 88 valence electrons. The minimum Gasteiger partial charge on any atom is -0.462 e. The Morgan fingerprint density at radius 1 is 1.53 bits per heavy atom. The van der Waals surface area contributed by atoms with E-state index in [0.29, 0.717) is 12.2 Å². The van der Waals surface area contributed by atoms with Crippen LogP contribution in [0.3, 0.4) is 0 Å². The zero-order chi connectivity index (χ0) is 12.1. The lowest BCUT2D eigenvalue weighted by molar-refractivity contribution is 0.0503. The highest BCUT2D eigenvalue weighted by Crippen LogP contribution is 2.16. The van der Waals surface area contributed by atoms with Gasteiger partial charge in [0, 0.05) is 5.39 Å². The van der Waals surface area contributed by atoms with Crippen LogP contribution in [0, 0.1) is 0 Å². The number of nitrogens with one attached hydrogen (secondary N) is 1. The second-order valence-electron chi connectivity index (χ2n) is 3.70. The van der Waals surface area contributed by atoms with Crippen LogP contribution < -0.4 is 0 Å². The van der Waals surface area contributed by atoms with Gasteiger partial charge < -0.3 is 4.74 Å². The van der Waals surface area contributed by atoms with Gasteiger partial charge >= 0.3 is 5.97 Å². The molecule has 1 aromatic carbocycles. The van der Waals surface area contributed by atoms with Gasteiger partial charge in [-0.1, -0.05) is 12.1 Å². The number of esters is 1. The van der Waals surface area contributed by atoms with Crippen LogP contribution in [-0.4, -0.2) is 22.8 Å². The number of fused-ring (bicyclic) bond motifs is 1. The predicted octanol–water partition coefficient (Wildman–Crippen LogP) is 2.69. The number of unbranched alkanes of at least 4 members (excludes halogenated alkanes) is 1. The summed E-state index contributed by atoms with van der Waals surface area (Å²) in [5.74, 6) is -0.305. The van der Waals surface area contributed by atoms with Crippen molar-refractivity contribution in [1.82, 2.24) is 10.2 Å². The lowest BCUT2D eigenvalue weighted by atomic mass is 10.1. The molecule has 17 heavy (non-hydrogen) atoms. The van der Waals surface area contributed by atoms with Gasteiger partial charge in [0.15, 0.2) is 0 Å². The Bertz CT molecular complexity index is 531. The largest absolute Gasteiger partial charge is 0.462 e. The van der Waals surface area contributed by atoms with E-state index in [1.54, 1.807) is 18.3 Å². The number of hydrogen-bond donors (Lipinski definition) is 1. The van der Waals surface area contributed by atoms with E-state index in [1.165, 1.54) is 0 Å². The van der Waals surface area contributed by atoms with Crippen molar-refractivity contribution in [3.8, 4) is 0 Å². The van der Waals surface area contributed by atoms with Gasteiger partial charge in [-0.05, 0) is 25.0 Å². The highest BCUT2D eigenvalue weighted by molar-refractivity contribution is 6.03. The molecule has 1 aromatic heterocycles. The van der Waals surface area contributed by atoms with E-state index in [0.717, 1.165) is 23.7 Å². The first-order valence-electron chi connectivity index (χ1n) is 5.53. The molecule has 1 N–H and O–H groups in total. The third-order valence-corrected chi connectivity index (χ3v) is 2.49. The highest BCUT2D eigenvalue weighted by Gasteiger charge is 2.11. The van der Waals surface area contributed by atoms with Crippen LogP contribution in [0.2, 0.25) is 0 Å². The summed E-state index contributed by atoms with van der Waals surface area (Å²) >= 11 is 0. The first kappa shape index (κ1) is 11.4. The van der Waals surface area contributed by atoms with Crippen LogP contribution in [0.25, 0.3) is 10.9 Å². The number of benzene rings is 1. The summed E-state index contributed by atoms with van der Waals surface area (Å²) in [4.78, 5) is 11.8. The second kappa shape index (κ2) is 5.30. The molecule has 0 saturated carbocycles. The second-order valence-corrected chi connectivity index (χ2v) is 3.70. The normalized spacial score (nSPS) is 10.4. The number of allylic oxidation sites excluding steroid dienone is 1. The maximum absolute atomic E-state index is 11.8. The van der Waals surface area contributed by atoms with Crippen LogP contribution in [0.5, 0.6) is 0 Å². The fourth-order valence-corrected chi connectivity index (χ4v) is 1.62. The van der Waals surface area contributed by atoms with Gasteiger partial charge in [0.25, 0.3) is 0 Å². The van der Waals surface area contributed by atoms with E-state index in [1.807, 2.05) is 12.1 Å². The molecule has 0 fully saturated rings. The van der Waals surface area contributed by atoms with Crippen LogP contribution >= 0.6 is 0 Å². The third kappa shape index (κ3) is 2.53. The predicted molar refractivity (Wildman–Crippen MR) is 65.8 cm³/mol. The monoisotopic (exact) mass is 230 g/mol. The van der Waals surface area contributed by atoms with Crippen molar-refractivity contribution in [3.63, 3.8) is 0 Å². The summed E-state index contributed by atoms with van der Waals surface area (Å²) in [5, 5.41) is 7.52. The molecule has 0 spiro atoms. The maximum Gasteiger partial charge on any atom is 0.338 e. The number of hydrogen-bond acceptors (Lipinski definition) is 3. The molecule has 4 nitrogen and oxygen atoms in total. The Hall–Kier alpha value is -2.10. The van der Waals surface area contributed by atoms with Crippen molar-refractivity contribution in [2.75, 3.05) is 6.61 Å². The molecule has 0 aliphatic heterocycles. The lowest BCUT2D eigenvalue weighted by Gasteiger charge is -2.04. The van der Waals surface area contributed by atoms with E-state index < -0.39 is 0 Å². The van der Waals surface area contributed by atoms with Gasteiger partial charge in [-0.15, -0.1) is 6.58 Å². The van der Waals surface area contributed by atoms with E-state index in [2.05, 4.69) is 16.8 Å². The number of aromatic amines is 1. The third-order valence-electron chi connectivity index (χ3n) is 2.49. The van der Waals surface area contributed by atoms with E-state index in [4.69, 9.17) is 4.74 Å². The number of rotatable bonds is 5. The van der Waals surface area contributed by atoms with Crippen molar-refractivity contribution >= 4 is 16.9 Å². The number of ether oxygens (including phenoxy) is 1. The smallest absolute Gasteiger partial charge is 0.338 e. The molecule has 0 unspecified atom stereocenters. The van der Waals surface area contributed by atoms with E-state index in [9.17, 15) is 4.79 Å². The first-order chi connectivity index (χ1) is 8.33. The Labute approximate surface area is 99.3 Å². The van der Waals surface area contributed by atoms with Crippen molar-refractivity contribution in [2.45, 2.75) is 12.8 Å². The summed E-state index contributed by atoms with van der Waals surface area (Å²) in [5.41, 5.74) is 1.39. The molecule has 2 aromatic rings. The Kier molecular flexibility index (Phi) is 3.55. The fraction of sp³-hybridized carbons (Fsp3) is 0.231. The van der Waals surface area contributed by atoms with Gasteiger partial charge in [0.1, 0.15) is 0 Å².